The topological polar surface area (TPSA) is 12.0 Å². The second kappa shape index (κ2) is 6.07. The van der Waals surface area contributed by atoms with Crippen LogP contribution >= 0.6 is 11.6 Å². The Morgan fingerprint density at radius 1 is 0.850 bits per heavy atom. The minimum absolute atomic E-state index is 0.734. The highest BCUT2D eigenvalue weighted by molar-refractivity contribution is 6.30. The highest BCUT2D eigenvalue weighted by Crippen LogP contribution is 2.38. The highest BCUT2D eigenvalue weighted by Gasteiger charge is 2.33. The smallest absolute Gasteiger partial charge is 0.0406 e. The normalized spacial score (nSPS) is 37.5. The molecule has 2 saturated carbocycles. The lowest BCUT2D eigenvalue weighted by molar-refractivity contribution is 0.188. The zero-order valence-electron chi connectivity index (χ0n) is 12.6. The van der Waals surface area contributed by atoms with E-state index in [0.717, 1.165) is 34.9 Å². The van der Waals surface area contributed by atoms with E-state index in [1.165, 1.54) is 37.7 Å². The van der Waals surface area contributed by atoms with Gasteiger partial charge in [0.1, 0.15) is 0 Å². The predicted octanol–water partition coefficient (Wildman–Crippen LogP) is 5.00. The highest BCUT2D eigenvalue weighted by atomic mass is 35.5. The molecule has 2 aliphatic carbocycles. The van der Waals surface area contributed by atoms with E-state index in [4.69, 9.17) is 11.6 Å². The van der Waals surface area contributed by atoms with E-state index >= 15 is 0 Å². The average molecular weight is 292 g/mol. The van der Waals surface area contributed by atoms with Crippen LogP contribution in [0.25, 0.3) is 0 Å². The molecule has 0 amide bonds. The Labute approximate surface area is 128 Å². The monoisotopic (exact) mass is 291 g/mol. The van der Waals surface area contributed by atoms with E-state index in [1.807, 2.05) is 12.1 Å². The van der Waals surface area contributed by atoms with E-state index in [1.54, 1.807) is 0 Å². The molecule has 20 heavy (non-hydrogen) atoms. The number of nitrogens with one attached hydrogen (secondary N) is 1. The van der Waals surface area contributed by atoms with Gasteiger partial charge in [-0.15, -0.1) is 0 Å². The van der Waals surface area contributed by atoms with Crippen molar-refractivity contribution >= 4 is 11.6 Å². The van der Waals surface area contributed by atoms with Crippen LogP contribution in [0.5, 0.6) is 0 Å². The fourth-order valence-corrected chi connectivity index (χ4v) is 4.30. The molecule has 0 aromatic heterocycles. The zero-order valence-corrected chi connectivity index (χ0v) is 13.4. The molecule has 3 rings (SSSR count). The van der Waals surface area contributed by atoms with Crippen molar-refractivity contribution in [2.45, 2.75) is 64.0 Å². The molecule has 1 aromatic rings. The number of halogens is 1. The summed E-state index contributed by atoms with van der Waals surface area (Å²) < 4.78 is 0. The summed E-state index contributed by atoms with van der Waals surface area (Å²) in [6.45, 7) is 4.81. The Bertz CT molecular complexity index is 425. The Morgan fingerprint density at radius 2 is 1.40 bits per heavy atom. The standard InChI is InChI=1S/C18H26ClN/c1-12-7-13(2)9-17(8-12)20-18-10-15(11-18)14-3-5-16(19)6-4-14/h3-6,12-13,15,17-18,20H,7-11H2,1-2H3. The van der Waals surface area contributed by atoms with Crippen molar-refractivity contribution in [1.82, 2.24) is 5.32 Å². The second-order valence-corrected chi connectivity index (χ2v) is 7.63. The summed E-state index contributed by atoms with van der Waals surface area (Å²) >= 11 is 5.95. The van der Waals surface area contributed by atoms with Gasteiger partial charge in [-0.1, -0.05) is 37.6 Å². The van der Waals surface area contributed by atoms with Gasteiger partial charge < -0.3 is 5.32 Å². The SMILES string of the molecule is CC1CC(C)CC(NC2CC(c3ccc(Cl)cc3)C2)C1. The van der Waals surface area contributed by atoms with Crippen LogP contribution in [0.15, 0.2) is 24.3 Å². The van der Waals surface area contributed by atoms with Gasteiger partial charge in [0.05, 0.1) is 0 Å². The van der Waals surface area contributed by atoms with Crippen LogP contribution in [0.2, 0.25) is 5.02 Å². The molecule has 1 aromatic carbocycles. The largest absolute Gasteiger partial charge is 0.311 e. The molecule has 0 heterocycles. The summed E-state index contributed by atoms with van der Waals surface area (Å²) in [7, 11) is 0. The van der Waals surface area contributed by atoms with Crippen molar-refractivity contribution < 1.29 is 0 Å². The van der Waals surface area contributed by atoms with Crippen molar-refractivity contribution in [2.75, 3.05) is 0 Å². The Kier molecular flexibility index (Phi) is 4.37. The predicted molar refractivity (Wildman–Crippen MR) is 86.3 cm³/mol. The molecule has 2 atom stereocenters. The Morgan fingerprint density at radius 3 is 2.00 bits per heavy atom. The van der Waals surface area contributed by atoms with E-state index in [0.29, 0.717) is 0 Å². The molecule has 2 unspecified atom stereocenters. The number of hydrogen-bond donors (Lipinski definition) is 1. The van der Waals surface area contributed by atoms with Crippen molar-refractivity contribution in [3.8, 4) is 0 Å². The summed E-state index contributed by atoms with van der Waals surface area (Å²) in [6, 6.07) is 9.90. The molecule has 0 saturated heterocycles. The van der Waals surface area contributed by atoms with E-state index < -0.39 is 0 Å². The maximum Gasteiger partial charge on any atom is 0.0406 e. The van der Waals surface area contributed by atoms with Gasteiger partial charge in [0.25, 0.3) is 0 Å². The lowest BCUT2D eigenvalue weighted by Gasteiger charge is -2.41. The van der Waals surface area contributed by atoms with Crippen molar-refractivity contribution in [2.24, 2.45) is 11.8 Å². The second-order valence-electron chi connectivity index (χ2n) is 7.20. The van der Waals surface area contributed by atoms with Gasteiger partial charge in [-0.2, -0.15) is 0 Å². The first-order valence-corrected chi connectivity index (χ1v) is 8.49. The third-order valence-corrected chi connectivity index (χ3v) is 5.38. The first-order chi connectivity index (χ1) is 9.60. The third kappa shape index (κ3) is 3.38. The van der Waals surface area contributed by atoms with Gasteiger partial charge in [-0.05, 0) is 67.6 Å². The summed E-state index contributed by atoms with van der Waals surface area (Å²) in [5, 5.41) is 4.74. The molecule has 0 aliphatic heterocycles. The average Bonchev–Trinajstić information content (AvgIpc) is 2.33. The van der Waals surface area contributed by atoms with Gasteiger partial charge in [0.2, 0.25) is 0 Å². The van der Waals surface area contributed by atoms with Gasteiger partial charge in [0, 0.05) is 17.1 Å². The maximum absolute atomic E-state index is 5.95. The summed E-state index contributed by atoms with van der Waals surface area (Å²) in [6.07, 6.45) is 6.73. The molecule has 2 heteroatoms. The molecular weight excluding hydrogens is 266 g/mol. The number of hydrogen-bond acceptors (Lipinski definition) is 1. The van der Waals surface area contributed by atoms with E-state index in [9.17, 15) is 0 Å². The first-order valence-electron chi connectivity index (χ1n) is 8.11. The number of benzene rings is 1. The Balaban J connectivity index is 1.47. The Hall–Kier alpha value is -0.530. The van der Waals surface area contributed by atoms with Gasteiger partial charge in [0.15, 0.2) is 0 Å². The van der Waals surface area contributed by atoms with Gasteiger partial charge in [-0.25, -0.2) is 0 Å². The third-order valence-electron chi connectivity index (χ3n) is 5.13. The molecule has 2 aliphatic rings. The van der Waals surface area contributed by atoms with Crippen LogP contribution in [0, 0.1) is 11.8 Å². The number of rotatable bonds is 3. The van der Waals surface area contributed by atoms with Crippen molar-refractivity contribution in [1.29, 1.82) is 0 Å². The fourth-order valence-electron chi connectivity index (χ4n) is 4.18. The molecule has 0 radical (unpaired) electrons. The minimum atomic E-state index is 0.734. The molecule has 0 spiro atoms. The summed E-state index contributed by atoms with van der Waals surface area (Å²) in [5.74, 6) is 2.52. The van der Waals surface area contributed by atoms with Crippen molar-refractivity contribution in [3.63, 3.8) is 0 Å². The molecular formula is C18H26ClN. The summed E-state index contributed by atoms with van der Waals surface area (Å²) in [5.41, 5.74) is 1.46. The molecule has 110 valence electrons. The quantitative estimate of drug-likeness (QED) is 0.826. The van der Waals surface area contributed by atoms with Crippen molar-refractivity contribution in [3.05, 3.63) is 34.9 Å². The molecule has 1 N–H and O–H groups in total. The maximum atomic E-state index is 5.95. The van der Waals surface area contributed by atoms with Crippen LogP contribution in [0.4, 0.5) is 0 Å². The summed E-state index contributed by atoms with van der Waals surface area (Å²) in [4.78, 5) is 0. The molecule has 0 bridgehead atoms. The minimum Gasteiger partial charge on any atom is -0.311 e. The van der Waals surface area contributed by atoms with E-state index in [-0.39, 0.29) is 0 Å². The van der Waals surface area contributed by atoms with Gasteiger partial charge >= 0.3 is 0 Å². The van der Waals surface area contributed by atoms with Crippen LogP contribution in [0.1, 0.15) is 57.4 Å². The van der Waals surface area contributed by atoms with Crippen LogP contribution in [0.3, 0.4) is 0 Å². The molecule has 2 fully saturated rings. The molecule has 1 nitrogen and oxygen atoms in total. The van der Waals surface area contributed by atoms with E-state index in [2.05, 4.69) is 31.3 Å². The van der Waals surface area contributed by atoms with Crippen LogP contribution < -0.4 is 5.32 Å². The van der Waals surface area contributed by atoms with Crippen LogP contribution in [-0.4, -0.2) is 12.1 Å². The fraction of sp³-hybridized carbons (Fsp3) is 0.667. The zero-order chi connectivity index (χ0) is 14.1. The lowest BCUT2D eigenvalue weighted by Crippen LogP contribution is -2.47. The van der Waals surface area contributed by atoms with Gasteiger partial charge in [-0.3, -0.25) is 0 Å². The van der Waals surface area contributed by atoms with Crippen LogP contribution in [-0.2, 0) is 0 Å². The lowest BCUT2D eigenvalue weighted by atomic mass is 9.74. The first kappa shape index (κ1) is 14.4.